The molecule has 1 N–H and O–H groups in total. The minimum atomic E-state index is -0.807. The summed E-state index contributed by atoms with van der Waals surface area (Å²) in [6.07, 6.45) is 0.372. The number of nitrogens with zero attached hydrogens (tertiary/aromatic N) is 2. The summed E-state index contributed by atoms with van der Waals surface area (Å²) in [6.45, 7) is 1.66. The first-order valence-corrected chi connectivity index (χ1v) is 10.2. The van der Waals surface area contributed by atoms with Crippen molar-refractivity contribution in [1.82, 2.24) is 15.1 Å². The van der Waals surface area contributed by atoms with Crippen molar-refractivity contribution in [3.8, 4) is 0 Å². The third-order valence-electron chi connectivity index (χ3n) is 5.54. The van der Waals surface area contributed by atoms with Crippen LogP contribution in [-0.4, -0.2) is 59.9 Å². The Hall–Kier alpha value is -3.19. The maximum atomic E-state index is 12.8. The summed E-state index contributed by atoms with van der Waals surface area (Å²) in [5.41, 5.74) is 2.07. The molecule has 30 heavy (non-hydrogen) atoms. The van der Waals surface area contributed by atoms with Crippen molar-refractivity contribution in [1.29, 1.82) is 0 Å². The standard InChI is InChI=1S/C23H25N3O4/c27-21(25-13-14-30-20(16-25)18-9-5-2-6-10-18)15-19-22(28)26(23(29)24-19)12-11-17-7-3-1-4-8-17/h1-10,19-20H,11-16H2,(H,24,29)/t19-,20+/m0/s1. The van der Waals surface area contributed by atoms with Crippen molar-refractivity contribution < 1.29 is 19.1 Å². The van der Waals surface area contributed by atoms with Gasteiger partial charge in [-0.1, -0.05) is 60.7 Å². The normalized spacial score (nSPS) is 21.6. The molecule has 2 heterocycles. The number of amides is 4. The van der Waals surface area contributed by atoms with Crippen LogP contribution in [0.15, 0.2) is 60.7 Å². The minimum Gasteiger partial charge on any atom is -0.370 e. The Labute approximate surface area is 175 Å². The predicted molar refractivity (Wildman–Crippen MR) is 111 cm³/mol. The largest absolute Gasteiger partial charge is 0.370 e. The van der Waals surface area contributed by atoms with Gasteiger partial charge in [0.25, 0.3) is 5.91 Å². The number of imide groups is 1. The number of morpholine rings is 1. The number of nitrogens with one attached hydrogen (secondary N) is 1. The van der Waals surface area contributed by atoms with Crippen LogP contribution in [0.3, 0.4) is 0 Å². The Bertz CT molecular complexity index is 903. The van der Waals surface area contributed by atoms with Crippen molar-refractivity contribution in [2.45, 2.75) is 25.0 Å². The Morgan fingerprint density at radius 3 is 2.47 bits per heavy atom. The second-order valence-electron chi connectivity index (χ2n) is 7.54. The molecule has 0 aromatic heterocycles. The van der Waals surface area contributed by atoms with E-state index >= 15 is 0 Å². The summed E-state index contributed by atoms with van der Waals surface area (Å²) in [7, 11) is 0. The Morgan fingerprint density at radius 2 is 1.73 bits per heavy atom. The highest BCUT2D eigenvalue weighted by Gasteiger charge is 2.40. The van der Waals surface area contributed by atoms with Crippen LogP contribution in [-0.2, 0) is 20.7 Å². The number of carbonyl (C=O) groups is 3. The predicted octanol–water partition coefficient (Wildman–Crippen LogP) is 2.14. The molecule has 2 fully saturated rings. The highest BCUT2D eigenvalue weighted by molar-refractivity contribution is 6.05. The lowest BCUT2D eigenvalue weighted by atomic mass is 10.1. The maximum absolute atomic E-state index is 12.8. The van der Waals surface area contributed by atoms with Crippen LogP contribution in [0.25, 0.3) is 0 Å². The first-order valence-electron chi connectivity index (χ1n) is 10.2. The molecule has 2 aliphatic rings. The van der Waals surface area contributed by atoms with Crippen LogP contribution in [0.1, 0.15) is 23.7 Å². The zero-order valence-electron chi connectivity index (χ0n) is 16.7. The molecule has 7 nitrogen and oxygen atoms in total. The average Bonchev–Trinajstić information content (AvgIpc) is 3.06. The molecule has 0 spiro atoms. The lowest BCUT2D eigenvalue weighted by molar-refractivity contribution is -0.141. The first-order chi connectivity index (χ1) is 14.6. The Kier molecular flexibility index (Phi) is 6.09. The van der Waals surface area contributed by atoms with E-state index in [1.165, 1.54) is 4.90 Å². The summed E-state index contributed by atoms with van der Waals surface area (Å²) in [4.78, 5) is 40.7. The highest BCUT2D eigenvalue weighted by atomic mass is 16.5. The molecule has 2 aromatic rings. The van der Waals surface area contributed by atoms with Gasteiger partial charge in [0.2, 0.25) is 5.91 Å². The zero-order valence-corrected chi connectivity index (χ0v) is 16.7. The number of carbonyl (C=O) groups excluding carboxylic acids is 3. The van der Waals surface area contributed by atoms with Gasteiger partial charge >= 0.3 is 6.03 Å². The summed E-state index contributed by atoms with van der Waals surface area (Å²) >= 11 is 0. The van der Waals surface area contributed by atoms with Gasteiger partial charge in [0.05, 0.1) is 19.6 Å². The van der Waals surface area contributed by atoms with Gasteiger partial charge in [-0.2, -0.15) is 0 Å². The van der Waals surface area contributed by atoms with Crippen molar-refractivity contribution in [3.05, 3.63) is 71.8 Å². The smallest absolute Gasteiger partial charge is 0.324 e. The van der Waals surface area contributed by atoms with Gasteiger partial charge in [-0.25, -0.2) is 4.79 Å². The van der Waals surface area contributed by atoms with Gasteiger partial charge in [0, 0.05) is 13.1 Å². The number of hydrogen-bond acceptors (Lipinski definition) is 4. The molecule has 0 bridgehead atoms. The first kappa shape index (κ1) is 20.1. The minimum absolute atomic E-state index is 0.0338. The van der Waals surface area contributed by atoms with Crippen molar-refractivity contribution in [2.75, 3.05) is 26.2 Å². The van der Waals surface area contributed by atoms with E-state index in [0.717, 1.165) is 11.1 Å². The fraction of sp³-hybridized carbons (Fsp3) is 0.348. The topological polar surface area (TPSA) is 79.0 Å². The fourth-order valence-corrected chi connectivity index (χ4v) is 3.86. The monoisotopic (exact) mass is 407 g/mol. The number of benzene rings is 2. The summed E-state index contributed by atoms with van der Waals surface area (Å²) in [5.74, 6) is -0.486. The molecule has 2 atom stereocenters. The van der Waals surface area contributed by atoms with Crippen molar-refractivity contribution in [2.24, 2.45) is 0 Å². The molecule has 2 saturated heterocycles. The van der Waals surface area contributed by atoms with Gasteiger partial charge in [0.15, 0.2) is 0 Å². The van der Waals surface area contributed by atoms with Crippen LogP contribution >= 0.6 is 0 Å². The quantitative estimate of drug-likeness (QED) is 0.744. The lowest BCUT2D eigenvalue weighted by Crippen LogP contribution is -2.45. The van der Waals surface area contributed by atoms with E-state index in [-0.39, 0.29) is 24.3 Å². The van der Waals surface area contributed by atoms with Crippen LogP contribution in [0.4, 0.5) is 4.79 Å². The van der Waals surface area contributed by atoms with E-state index in [9.17, 15) is 14.4 Å². The van der Waals surface area contributed by atoms with Crippen molar-refractivity contribution >= 4 is 17.8 Å². The van der Waals surface area contributed by atoms with Crippen LogP contribution in [0.5, 0.6) is 0 Å². The van der Waals surface area contributed by atoms with Gasteiger partial charge < -0.3 is 15.0 Å². The third-order valence-corrected chi connectivity index (χ3v) is 5.54. The molecular weight excluding hydrogens is 382 g/mol. The Morgan fingerprint density at radius 1 is 1.03 bits per heavy atom. The Balaban J connectivity index is 1.33. The highest BCUT2D eigenvalue weighted by Crippen LogP contribution is 2.23. The number of rotatable bonds is 6. The van der Waals surface area contributed by atoms with Crippen molar-refractivity contribution in [3.63, 3.8) is 0 Å². The van der Waals surface area contributed by atoms with Crippen LogP contribution in [0, 0.1) is 0 Å². The average molecular weight is 407 g/mol. The van der Waals surface area contributed by atoms with Crippen LogP contribution < -0.4 is 5.32 Å². The van der Waals surface area contributed by atoms with Gasteiger partial charge in [-0.3, -0.25) is 14.5 Å². The molecule has 7 heteroatoms. The maximum Gasteiger partial charge on any atom is 0.324 e. The lowest BCUT2D eigenvalue weighted by Gasteiger charge is -2.33. The number of ether oxygens (including phenoxy) is 1. The molecule has 0 radical (unpaired) electrons. The molecule has 2 aromatic carbocycles. The van der Waals surface area contributed by atoms with E-state index in [1.807, 2.05) is 60.7 Å². The molecule has 4 rings (SSSR count). The van der Waals surface area contributed by atoms with E-state index in [1.54, 1.807) is 4.90 Å². The molecule has 0 unspecified atom stereocenters. The van der Waals surface area contributed by atoms with Gasteiger partial charge in [-0.15, -0.1) is 0 Å². The molecule has 0 saturated carbocycles. The molecule has 2 aliphatic heterocycles. The molecular formula is C23H25N3O4. The van der Waals surface area contributed by atoms with Gasteiger partial charge in [0.1, 0.15) is 12.1 Å². The zero-order chi connectivity index (χ0) is 20.9. The molecule has 4 amide bonds. The fourth-order valence-electron chi connectivity index (χ4n) is 3.86. The SMILES string of the molecule is O=C(C[C@@H]1NC(=O)N(CCc2ccccc2)C1=O)N1CCO[C@@H](c2ccccc2)C1. The summed E-state index contributed by atoms with van der Waals surface area (Å²) in [5, 5.41) is 2.66. The van der Waals surface area contributed by atoms with Gasteiger partial charge in [-0.05, 0) is 17.5 Å². The van der Waals surface area contributed by atoms with Crippen LogP contribution in [0.2, 0.25) is 0 Å². The molecule has 156 valence electrons. The third kappa shape index (κ3) is 4.52. The number of urea groups is 1. The van der Waals surface area contributed by atoms with E-state index in [0.29, 0.717) is 32.7 Å². The molecule has 0 aliphatic carbocycles. The summed E-state index contributed by atoms with van der Waals surface area (Å²) < 4.78 is 5.80. The van der Waals surface area contributed by atoms with E-state index in [4.69, 9.17) is 4.74 Å². The second-order valence-corrected chi connectivity index (χ2v) is 7.54. The van der Waals surface area contributed by atoms with E-state index in [2.05, 4.69) is 5.32 Å². The number of hydrogen-bond donors (Lipinski definition) is 1. The second kappa shape index (κ2) is 9.09. The summed E-state index contributed by atoms with van der Waals surface area (Å²) in [6, 6.07) is 18.2. The van der Waals surface area contributed by atoms with E-state index < -0.39 is 12.1 Å².